The van der Waals surface area contributed by atoms with Crippen LogP contribution in [0.2, 0.25) is 0 Å². The van der Waals surface area contributed by atoms with Gasteiger partial charge in [0.1, 0.15) is 0 Å². The van der Waals surface area contributed by atoms with Crippen molar-refractivity contribution in [2.75, 3.05) is 13.2 Å². The lowest BCUT2D eigenvalue weighted by molar-refractivity contribution is 0.0695. The molecule has 0 atom stereocenters. The maximum absolute atomic E-state index is 8.65. The normalized spacial score (nSPS) is 19.3. The summed E-state index contributed by atoms with van der Waals surface area (Å²) in [6.07, 6.45) is 3.91. The first-order valence-electron chi connectivity index (χ1n) is 5.05. The van der Waals surface area contributed by atoms with Gasteiger partial charge in [-0.3, -0.25) is 0 Å². The highest BCUT2D eigenvalue weighted by atomic mass is 16.5. The molecule has 3 N–H and O–H groups in total. The second-order valence-electron chi connectivity index (χ2n) is 3.63. The van der Waals surface area contributed by atoms with E-state index in [0.29, 0.717) is 6.04 Å². The summed E-state index contributed by atoms with van der Waals surface area (Å²) >= 11 is 0. The molecule has 5 nitrogen and oxygen atoms in total. The minimum atomic E-state index is 0.159. The monoisotopic (exact) mass is 209 g/mol. The number of nitrogens with two attached hydrogens (primary N) is 1. The van der Waals surface area contributed by atoms with E-state index in [1.54, 1.807) is 0 Å². The van der Waals surface area contributed by atoms with Gasteiger partial charge in [-0.1, -0.05) is 5.16 Å². The average Bonchev–Trinajstić information content (AvgIpc) is 2.78. The summed E-state index contributed by atoms with van der Waals surface area (Å²) in [5.41, 5.74) is 6.36. The van der Waals surface area contributed by atoms with Crippen molar-refractivity contribution in [1.82, 2.24) is 4.57 Å². The van der Waals surface area contributed by atoms with Gasteiger partial charge in [0.25, 0.3) is 0 Å². The fraction of sp³-hybridized carbons (Fsp3) is 0.500. The third-order valence-corrected chi connectivity index (χ3v) is 2.73. The maximum atomic E-state index is 8.65. The van der Waals surface area contributed by atoms with Crippen LogP contribution < -0.4 is 5.73 Å². The largest absolute Gasteiger partial charge is 0.409 e. The molecule has 15 heavy (non-hydrogen) atoms. The topological polar surface area (TPSA) is 72.8 Å². The number of hydrogen-bond donors (Lipinski definition) is 2. The molecule has 2 rings (SSSR count). The van der Waals surface area contributed by atoms with Crippen LogP contribution in [0.4, 0.5) is 0 Å². The van der Waals surface area contributed by atoms with Gasteiger partial charge in [0.05, 0.1) is 5.69 Å². The second-order valence-corrected chi connectivity index (χ2v) is 3.63. The van der Waals surface area contributed by atoms with Crippen molar-refractivity contribution in [1.29, 1.82) is 0 Å². The van der Waals surface area contributed by atoms with E-state index in [0.717, 1.165) is 31.7 Å². The molecule has 0 saturated carbocycles. The van der Waals surface area contributed by atoms with Crippen molar-refractivity contribution in [2.24, 2.45) is 10.9 Å². The lowest BCUT2D eigenvalue weighted by atomic mass is 10.1. The van der Waals surface area contributed by atoms with Crippen molar-refractivity contribution in [3.63, 3.8) is 0 Å². The van der Waals surface area contributed by atoms with Gasteiger partial charge < -0.3 is 20.2 Å². The molecule has 82 valence electrons. The van der Waals surface area contributed by atoms with Gasteiger partial charge in [0.15, 0.2) is 5.84 Å². The zero-order chi connectivity index (χ0) is 10.7. The Morgan fingerprint density at radius 3 is 2.93 bits per heavy atom. The Kier molecular flexibility index (Phi) is 2.91. The van der Waals surface area contributed by atoms with Crippen molar-refractivity contribution in [2.45, 2.75) is 18.9 Å². The van der Waals surface area contributed by atoms with E-state index in [1.165, 1.54) is 0 Å². The Morgan fingerprint density at radius 2 is 2.27 bits per heavy atom. The van der Waals surface area contributed by atoms with Gasteiger partial charge in [-0.2, -0.15) is 0 Å². The molecule has 1 aliphatic heterocycles. The third kappa shape index (κ3) is 1.97. The van der Waals surface area contributed by atoms with Crippen LogP contribution in [0.15, 0.2) is 23.5 Å². The fourth-order valence-corrected chi connectivity index (χ4v) is 1.94. The van der Waals surface area contributed by atoms with E-state index in [9.17, 15) is 0 Å². The van der Waals surface area contributed by atoms with Gasteiger partial charge in [0, 0.05) is 25.5 Å². The highest BCUT2D eigenvalue weighted by molar-refractivity contribution is 5.95. The molecular weight excluding hydrogens is 194 g/mol. The zero-order valence-corrected chi connectivity index (χ0v) is 8.47. The summed E-state index contributed by atoms with van der Waals surface area (Å²) in [7, 11) is 0. The molecule has 0 spiro atoms. The van der Waals surface area contributed by atoms with Crippen LogP contribution in [-0.4, -0.2) is 28.8 Å². The minimum Gasteiger partial charge on any atom is -0.409 e. The average molecular weight is 209 g/mol. The number of hydrogen-bond acceptors (Lipinski definition) is 3. The Morgan fingerprint density at radius 1 is 1.53 bits per heavy atom. The van der Waals surface area contributed by atoms with Crippen molar-refractivity contribution in [3.05, 3.63) is 24.0 Å². The molecule has 1 aromatic rings. The highest BCUT2D eigenvalue weighted by Gasteiger charge is 2.18. The number of ether oxygens (including phenoxy) is 1. The van der Waals surface area contributed by atoms with Crippen molar-refractivity contribution >= 4 is 5.84 Å². The molecule has 0 radical (unpaired) electrons. The minimum absolute atomic E-state index is 0.159. The van der Waals surface area contributed by atoms with Crippen molar-refractivity contribution < 1.29 is 9.94 Å². The maximum Gasteiger partial charge on any atom is 0.186 e. The fourth-order valence-electron chi connectivity index (χ4n) is 1.94. The second kappa shape index (κ2) is 4.35. The van der Waals surface area contributed by atoms with Gasteiger partial charge in [-0.15, -0.1) is 0 Å². The first-order chi connectivity index (χ1) is 7.33. The van der Waals surface area contributed by atoms with E-state index in [4.69, 9.17) is 15.7 Å². The summed E-state index contributed by atoms with van der Waals surface area (Å²) in [4.78, 5) is 0. The van der Waals surface area contributed by atoms with Gasteiger partial charge in [-0.25, -0.2) is 0 Å². The number of nitrogens with zero attached hydrogens (tertiary/aromatic N) is 2. The number of rotatable bonds is 2. The van der Waals surface area contributed by atoms with E-state index in [2.05, 4.69) is 9.72 Å². The predicted molar refractivity (Wildman–Crippen MR) is 56.0 cm³/mol. The van der Waals surface area contributed by atoms with E-state index >= 15 is 0 Å². The SMILES string of the molecule is N/C(=N/O)c1cccn1C1CCOCC1. The van der Waals surface area contributed by atoms with Crippen LogP contribution in [-0.2, 0) is 4.74 Å². The Labute approximate surface area is 88.1 Å². The van der Waals surface area contributed by atoms with E-state index < -0.39 is 0 Å². The lowest BCUT2D eigenvalue weighted by Gasteiger charge is -2.25. The molecule has 1 aliphatic rings. The van der Waals surface area contributed by atoms with Crippen LogP contribution in [0.5, 0.6) is 0 Å². The third-order valence-electron chi connectivity index (χ3n) is 2.73. The van der Waals surface area contributed by atoms with E-state index in [1.807, 2.05) is 18.3 Å². The summed E-state index contributed by atoms with van der Waals surface area (Å²) in [6.45, 7) is 1.55. The molecule has 0 bridgehead atoms. The first kappa shape index (κ1) is 10.0. The molecule has 1 aromatic heterocycles. The van der Waals surface area contributed by atoms with Crippen LogP contribution in [0, 0.1) is 0 Å². The number of oxime groups is 1. The molecule has 0 aromatic carbocycles. The molecule has 5 heteroatoms. The molecule has 0 unspecified atom stereocenters. The van der Waals surface area contributed by atoms with Gasteiger partial charge in [-0.05, 0) is 25.0 Å². The van der Waals surface area contributed by atoms with Crippen LogP contribution in [0.25, 0.3) is 0 Å². The van der Waals surface area contributed by atoms with Crippen LogP contribution >= 0.6 is 0 Å². The lowest BCUT2D eigenvalue weighted by Crippen LogP contribution is -2.25. The van der Waals surface area contributed by atoms with E-state index in [-0.39, 0.29) is 5.84 Å². The highest BCUT2D eigenvalue weighted by Crippen LogP contribution is 2.22. The molecular formula is C10H15N3O2. The molecule has 1 fully saturated rings. The number of amidine groups is 1. The molecule has 2 heterocycles. The zero-order valence-electron chi connectivity index (χ0n) is 8.47. The van der Waals surface area contributed by atoms with Crippen LogP contribution in [0.1, 0.15) is 24.6 Å². The Hall–Kier alpha value is -1.49. The standard InChI is InChI=1S/C10H15N3O2/c11-10(12-14)9-2-1-5-13(9)8-3-6-15-7-4-8/h1-2,5,8,14H,3-4,6-7H2,(H2,11,12). The smallest absolute Gasteiger partial charge is 0.186 e. The Balaban J connectivity index is 2.23. The van der Waals surface area contributed by atoms with Crippen molar-refractivity contribution in [3.8, 4) is 0 Å². The summed E-state index contributed by atoms with van der Waals surface area (Å²) in [5, 5.41) is 11.7. The predicted octanol–water partition coefficient (Wildman–Crippen LogP) is 0.934. The summed E-state index contributed by atoms with van der Waals surface area (Å²) < 4.78 is 7.35. The van der Waals surface area contributed by atoms with Gasteiger partial charge >= 0.3 is 0 Å². The summed E-state index contributed by atoms with van der Waals surface area (Å²) in [5.74, 6) is 0.159. The Bertz CT molecular complexity index is 353. The quantitative estimate of drug-likeness (QED) is 0.329. The molecule has 0 aliphatic carbocycles. The first-order valence-corrected chi connectivity index (χ1v) is 5.05. The number of aromatic nitrogens is 1. The molecule has 0 amide bonds. The molecule has 1 saturated heterocycles. The van der Waals surface area contributed by atoms with Crippen LogP contribution in [0.3, 0.4) is 0 Å². The summed E-state index contributed by atoms with van der Waals surface area (Å²) in [6, 6.07) is 4.15. The van der Waals surface area contributed by atoms with Gasteiger partial charge in [0.2, 0.25) is 0 Å².